The Balaban J connectivity index is 1.45. The summed E-state index contributed by atoms with van der Waals surface area (Å²) in [5, 5.41) is 11.2. The number of carbonyl (C=O) groups is 1. The molecule has 0 aliphatic rings. The molecular weight excluding hydrogens is 278 g/mol. The molecule has 0 saturated heterocycles. The number of hydrogen-bond donors (Lipinski definition) is 1. The minimum atomic E-state index is 0.0395. The van der Waals surface area contributed by atoms with E-state index in [1.165, 1.54) is 0 Å². The van der Waals surface area contributed by atoms with E-state index in [0.29, 0.717) is 13.0 Å². The fraction of sp³-hybridized carbons (Fsp3) is 0.250. The van der Waals surface area contributed by atoms with Crippen molar-refractivity contribution in [3.8, 4) is 0 Å². The van der Waals surface area contributed by atoms with Gasteiger partial charge < -0.3 is 5.32 Å². The van der Waals surface area contributed by atoms with Crippen molar-refractivity contribution in [3.63, 3.8) is 0 Å². The van der Waals surface area contributed by atoms with Crippen LogP contribution >= 0.6 is 0 Å². The second kappa shape index (κ2) is 6.80. The predicted molar refractivity (Wildman–Crippen MR) is 82.0 cm³/mol. The molecule has 1 amide bonds. The maximum atomic E-state index is 11.8. The largest absolute Gasteiger partial charge is 0.352 e. The highest BCUT2D eigenvalue weighted by atomic mass is 16.1. The van der Waals surface area contributed by atoms with E-state index in [1.54, 1.807) is 12.4 Å². The van der Waals surface area contributed by atoms with Crippen LogP contribution in [0.2, 0.25) is 0 Å². The third-order valence-corrected chi connectivity index (χ3v) is 3.40. The number of hydrogen-bond acceptors (Lipinski definition) is 4. The topological polar surface area (TPSA) is 72.2 Å². The standard InChI is InChI=1S/C16H17N5O/c22-16(18-12-13-5-4-9-17-11-13)8-3-7-15-20-19-14-6-1-2-10-21(14)15/h1-2,4-6,9-11H,3,7-8,12H2,(H,18,22). The summed E-state index contributed by atoms with van der Waals surface area (Å²) in [5.74, 6) is 0.924. The molecule has 0 aliphatic heterocycles. The maximum Gasteiger partial charge on any atom is 0.220 e. The SMILES string of the molecule is O=C(CCCc1nnc2ccccn12)NCc1cccnc1. The molecule has 0 spiro atoms. The van der Waals surface area contributed by atoms with Gasteiger partial charge >= 0.3 is 0 Å². The van der Waals surface area contributed by atoms with Crippen molar-refractivity contribution in [2.45, 2.75) is 25.8 Å². The Hall–Kier alpha value is -2.76. The fourth-order valence-corrected chi connectivity index (χ4v) is 2.26. The average Bonchev–Trinajstić information content (AvgIpc) is 2.97. The van der Waals surface area contributed by atoms with Gasteiger partial charge in [-0.05, 0) is 30.2 Å². The summed E-state index contributed by atoms with van der Waals surface area (Å²) in [6.45, 7) is 0.514. The van der Waals surface area contributed by atoms with Gasteiger partial charge in [0, 0.05) is 38.0 Å². The van der Waals surface area contributed by atoms with Gasteiger partial charge in [-0.1, -0.05) is 12.1 Å². The van der Waals surface area contributed by atoms with Crippen molar-refractivity contribution >= 4 is 11.6 Å². The van der Waals surface area contributed by atoms with Crippen molar-refractivity contribution in [1.82, 2.24) is 24.9 Å². The number of aromatic nitrogens is 4. The van der Waals surface area contributed by atoms with E-state index in [4.69, 9.17) is 0 Å². The van der Waals surface area contributed by atoms with Gasteiger partial charge in [0.2, 0.25) is 5.91 Å². The highest BCUT2D eigenvalue weighted by Gasteiger charge is 2.06. The van der Waals surface area contributed by atoms with Crippen LogP contribution in [-0.2, 0) is 17.8 Å². The number of amides is 1. The molecule has 22 heavy (non-hydrogen) atoms. The van der Waals surface area contributed by atoms with Crippen molar-refractivity contribution < 1.29 is 4.79 Å². The first-order valence-corrected chi connectivity index (χ1v) is 7.27. The van der Waals surface area contributed by atoms with Gasteiger partial charge in [0.25, 0.3) is 0 Å². The second-order valence-corrected chi connectivity index (χ2v) is 5.04. The van der Waals surface area contributed by atoms with Crippen LogP contribution in [0.1, 0.15) is 24.2 Å². The number of fused-ring (bicyclic) bond motifs is 1. The van der Waals surface area contributed by atoms with E-state index in [2.05, 4.69) is 20.5 Å². The molecule has 0 fully saturated rings. The molecule has 0 unspecified atom stereocenters. The summed E-state index contributed by atoms with van der Waals surface area (Å²) in [5.41, 5.74) is 1.83. The zero-order valence-corrected chi connectivity index (χ0v) is 12.1. The first-order chi connectivity index (χ1) is 10.8. The van der Waals surface area contributed by atoms with Crippen molar-refractivity contribution in [2.75, 3.05) is 0 Å². The Morgan fingerprint density at radius 1 is 1.18 bits per heavy atom. The van der Waals surface area contributed by atoms with Crippen molar-refractivity contribution in [1.29, 1.82) is 0 Å². The first-order valence-electron chi connectivity index (χ1n) is 7.27. The fourth-order valence-electron chi connectivity index (χ4n) is 2.26. The number of nitrogens with zero attached hydrogens (tertiary/aromatic N) is 4. The molecule has 3 aromatic rings. The maximum absolute atomic E-state index is 11.8. The molecule has 0 radical (unpaired) electrons. The minimum absolute atomic E-state index is 0.0395. The van der Waals surface area contributed by atoms with Crippen LogP contribution < -0.4 is 5.32 Å². The molecule has 1 N–H and O–H groups in total. The van der Waals surface area contributed by atoms with E-state index in [1.807, 2.05) is 40.9 Å². The average molecular weight is 295 g/mol. The van der Waals surface area contributed by atoms with Crippen LogP contribution in [0.25, 0.3) is 5.65 Å². The van der Waals surface area contributed by atoms with Crippen LogP contribution in [0.5, 0.6) is 0 Å². The van der Waals surface area contributed by atoms with Crippen molar-refractivity contribution in [3.05, 3.63) is 60.3 Å². The first kappa shape index (κ1) is 14.2. The Morgan fingerprint density at radius 3 is 3.00 bits per heavy atom. The predicted octanol–water partition coefficient (Wildman–Crippen LogP) is 1.76. The lowest BCUT2D eigenvalue weighted by atomic mass is 10.2. The monoisotopic (exact) mass is 295 g/mol. The van der Waals surface area contributed by atoms with E-state index >= 15 is 0 Å². The van der Waals surface area contributed by atoms with Gasteiger partial charge in [-0.2, -0.15) is 0 Å². The lowest BCUT2D eigenvalue weighted by molar-refractivity contribution is -0.121. The highest BCUT2D eigenvalue weighted by Crippen LogP contribution is 2.06. The molecule has 0 aliphatic carbocycles. The van der Waals surface area contributed by atoms with Crippen LogP contribution in [0, 0.1) is 0 Å². The third-order valence-electron chi connectivity index (χ3n) is 3.40. The Morgan fingerprint density at radius 2 is 2.14 bits per heavy atom. The van der Waals surface area contributed by atoms with Crippen molar-refractivity contribution in [2.24, 2.45) is 0 Å². The molecule has 0 atom stereocenters. The summed E-state index contributed by atoms with van der Waals surface area (Å²) >= 11 is 0. The smallest absolute Gasteiger partial charge is 0.220 e. The van der Waals surface area contributed by atoms with Gasteiger partial charge in [-0.3, -0.25) is 14.2 Å². The Kier molecular flexibility index (Phi) is 4.38. The Bertz CT molecular complexity index is 753. The zero-order valence-electron chi connectivity index (χ0n) is 12.1. The third kappa shape index (κ3) is 3.46. The number of carbonyl (C=O) groups excluding carboxylic acids is 1. The molecule has 3 heterocycles. The summed E-state index contributed by atoms with van der Waals surface area (Å²) in [6.07, 6.45) is 7.35. The van der Waals surface area contributed by atoms with E-state index in [-0.39, 0.29) is 5.91 Å². The molecule has 6 nitrogen and oxygen atoms in total. The minimum Gasteiger partial charge on any atom is -0.352 e. The lowest BCUT2D eigenvalue weighted by Gasteiger charge is -2.04. The summed E-state index contributed by atoms with van der Waals surface area (Å²) < 4.78 is 1.95. The quantitative estimate of drug-likeness (QED) is 0.752. The molecule has 0 bridgehead atoms. The van der Waals surface area contributed by atoms with Gasteiger partial charge in [-0.25, -0.2) is 0 Å². The van der Waals surface area contributed by atoms with Crippen LogP contribution in [0.3, 0.4) is 0 Å². The molecule has 6 heteroatoms. The molecule has 112 valence electrons. The van der Waals surface area contributed by atoms with Gasteiger partial charge in [0.15, 0.2) is 5.65 Å². The molecule has 0 saturated carbocycles. The summed E-state index contributed by atoms with van der Waals surface area (Å²) in [4.78, 5) is 15.9. The van der Waals surface area contributed by atoms with Gasteiger partial charge in [-0.15, -0.1) is 10.2 Å². The zero-order chi connectivity index (χ0) is 15.2. The van der Waals surface area contributed by atoms with Gasteiger partial charge in [0.05, 0.1) is 0 Å². The van der Waals surface area contributed by atoms with Crippen LogP contribution in [0.15, 0.2) is 48.9 Å². The number of nitrogens with one attached hydrogen (secondary N) is 1. The molecule has 3 rings (SSSR count). The second-order valence-electron chi connectivity index (χ2n) is 5.04. The summed E-state index contributed by atoms with van der Waals surface area (Å²) in [7, 11) is 0. The number of rotatable bonds is 6. The molecular formula is C16H17N5O. The van der Waals surface area contributed by atoms with Crippen LogP contribution in [-0.4, -0.2) is 25.5 Å². The van der Waals surface area contributed by atoms with E-state index < -0.39 is 0 Å². The number of aryl methyl sites for hydroxylation is 1. The Labute approximate surface area is 128 Å². The van der Waals surface area contributed by atoms with Crippen LogP contribution in [0.4, 0.5) is 0 Å². The highest BCUT2D eigenvalue weighted by molar-refractivity contribution is 5.75. The number of pyridine rings is 2. The van der Waals surface area contributed by atoms with E-state index in [0.717, 1.165) is 29.9 Å². The molecule has 3 aromatic heterocycles. The summed E-state index contributed by atoms with van der Waals surface area (Å²) in [6, 6.07) is 9.59. The normalized spacial score (nSPS) is 10.7. The lowest BCUT2D eigenvalue weighted by Crippen LogP contribution is -2.22. The van der Waals surface area contributed by atoms with Gasteiger partial charge in [0.1, 0.15) is 5.82 Å². The van der Waals surface area contributed by atoms with E-state index in [9.17, 15) is 4.79 Å². The molecule has 0 aromatic carbocycles.